The number of hydrogen-bond donors (Lipinski definition) is 0. The first-order valence-electron chi connectivity index (χ1n) is 30.8. The first kappa shape index (κ1) is 50.6. The van der Waals surface area contributed by atoms with Crippen molar-refractivity contribution in [3.8, 4) is 78.7 Å². The number of fused-ring (bicyclic) bond motifs is 20. The summed E-state index contributed by atoms with van der Waals surface area (Å²) in [6, 6.07) is 103. The molecule has 4 heteroatoms. The lowest BCUT2D eigenvalue weighted by Crippen LogP contribution is -2.40. The van der Waals surface area contributed by atoms with E-state index < -0.39 is 10.8 Å². The number of benzene rings is 12. The van der Waals surface area contributed by atoms with E-state index in [-0.39, 0.29) is 10.8 Å². The van der Waals surface area contributed by atoms with E-state index in [4.69, 9.17) is 19.9 Å². The minimum atomic E-state index is -0.608. The van der Waals surface area contributed by atoms with Crippen LogP contribution in [-0.2, 0) is 21.7 Å². The van der Waals surface area contributed by atoms with Gasteiger partial charge in [-0.2, -0.15) is 0 Å². The second-order valence-electron chi connectivity index (χ2n) is 25.5. The summed E-state index contributed by atoms with van der Waals surface area (Å²) in [5.74, 6) is 1.40. The molecule has 2 aromatic heterocycles. The molecule has 2 heterocycles. The second-order valence-corrected chi connectivity index (χ2v) is 25.5. The average molecular weight is 1120 g/mol. The van der Waals surface area contributed by atoms with Crippen LogP contribution in [0.4, 0.5) is 0 Å². The highest BCUT2D eigenvalue weighted by Crippen LogP contribution is 2.65. The molecule has 0 fully saturated rings. The smallest absolute Gasteiger partial charge is 0.160 e. The summed E-state index contributed by atoms with van der Waals surface area (Å²) < 4.78 is 0. The van der Waals surface area contributed by atoms with E-state index in [0.29, 0.717) is 11.6 Å². The molecule has 18 rings (SSSR count). The Morgan fingerprint density at radius 2 is 0.580 bits per heavy atom. The fourth-order valence-corrected chi connectivity index (χ4v) is 16.5. The minimum Gasteiger partial charge on any atom is -0.228 e. The van der Waals surface area contributed by atoms with Crippen LogP contribution in [0, 0.1) is 0 Å². The Balaban J connectivity index is 0.764. The molecule has 0 saturated heterocycles. The highest BCUT2D eigenvalue weighted by molar-refractivity contribution is 5.99. The van der Waals surface area contributed by atoms with Crippen molar-refractivity contribution < 1.29 is 0 Å². The molecule has 0 bridgehead atoms. The van der Waals surface area contributed by atoms with Crippen LogP contribution in [0.1, 0.15) is 94.5 Å². The van der Waals surface area contributed by atoms with Crippen LogP contribution in [-0.4, -0.2) is 19.9 Å². The Bertz CT molecular complexity index is 5180. The van der Waals surface area contributed by atoms with Gasteiger partial charge in [-0.3, -0.25) is 0 Å². The molecule has 4 aliphatic rings. The Morgan fingerprint density at radius 1 is 0.216 bits per heavy atom. The monoisotopic (exact) mass is 1120 g/mol. The molecule has 4 nitrogen and oxygen atoms in total. The molecule has 0 amide bonds. The molecule has 4 aliphatic carbocycles. The predicted octanol–water partition coefficient (Wildman–Crippen LogP) is 19.9. The second kappa shape index (κ2) is 18.4. The molecule has 88 heavy (non-hydrogen) atoms. The van der Waals surface area contributed by atoms with Gasteiger partial charge in [-0.15, -0.1) is 0 Å². The molecule has 0 saturated carbocycles. The van der Waals surface area contributed by atoms with Gasteiger partial charge in [-0.25, -0.2) is 19.9 Å². The third-order valence-electron chi connectivity index (χ3n) is 20.5. The van der Waals surface area contributed by atoms with Crippen molar-refractivity contribution in [2.24, 2.45) is 0 Å². The van der Waals surface area contributed by atoms with E-state index in [2.05, 4.69) is 307 Å². The molecule has 2 spiro atoms. The number of para-hydroxylation sites is 2. The summed E-state index contributed by atoms with van der Waals surface area (Å²) in [5.41, 5.74) is 29.4. The van der Waals surface area contributed by atoms with Gasteiger partial charge in [0.1, 0.15) is 0 Å². The lowest BCUT2D eigenvalue weighted by atomic mass is 9.55. The maximum atomic E-state index is 5.53. The van der Waals surface area contributed by atoms with Crippen LogP contribution in [0.5, 0.6) is 0 Å². The highest BCUT2D eigenvalue weighted by atomic mass is 14.9. The summed E-state index contributed by atoms with van der Waals surface area (Å²) in [6.45, 7) is 9.52. The van der Waals surface area contributed by atoms with Crippen LogP contribution in [0.15, 0.2) is 279 Å². The number of nitrogens with zero attached hydrogens (tertiary/aromatic N) is 4. The molecular formula is C84H58N4. The van der Waals surface area contributed by atoms with Gasteiger partial charge >= 0.3 is 0 Å². The summed E-state index contributed by atoms with van der Waals surface area (Å²) in [7, 11) is 0. The fraction of sp³-hybridized carbons (Fsp3) is 0.0952. The summed E-state index contributed by atoms with van der Waals surface area (Å²) in [6.07, 6.45) is 0. The molecule has 0 atom stereocenters. The Labute approximate surface area is 512 Å². The van der Waals surface area contributed by atoms with Gasteiger partial charge in [0.2, 0.25) is 0 Å². The maximum Gasteiger partial charge on any atom is 0.160 e. The quantitative estimate of drug-likeness (QED) is 0.172. The van der Waals surface area contributed by atoms with E-state index in [1.54, 1.807) is 0 Å². The van der Waals surface area contributed by atoms with Crippen molar-refractivity contribution in [1.29, 1.82) is 0 Å². The van der Waals surface area contributed by atoms with Crippen molar-refractivity contribution in [2.45, 2.75) is 49.4 Å². The number of aromatic nitrogens is 4. The maximum absolute atomic E-state index is 5.53. The van der Waals surface area contributed by atoms with Crippen molar-refractivity contribution in [1.82, 2.24) is 19.9 Å². The molecule has 12 aromatic carbocycles. The predicted molar refractivity (Wildman–Crippen MR) is 359 cm³/mol. The SMILES string of the molecule is CC1(C)c2ccccc2C2(c3ccccc3-c3cc(-c4nc(-c5ccc(-c6ccc7c(c6)-c6ccc(-c8nc(-c9ccccc9)c9ccccc9n8)cc6C76c7ccccc7C(C)(C)c7ccccc76)cc5)nc5ccccc45)ccc32)c2ccccc21. The van der Waals surface area contributed by atoms with Gasteiger partial charge in [0.15, 0.2) is 11.6 Å². The molecule has 0 aliphatic heterocycles. The van der Waals surface area contributed by atoms with E-state index in [1.165, 1.54) is 89.0 Å². The first-order valence-corrected chi connectivity index (χ1v) is 30.8. The zero-order valence-electron chi connectivity index (χ0n) is 49.3. The van der Waals surface area contributed by atoms with E-state index in [9.17, 15) is 0 Å². The lowest BCUT2D eigenvalue weighted by Gasteiger charge is -2.46. The van der Waals surface area contributed by atoms with Gasteiger partial charge in [0.05, 0.1) is 33.3 Å². The topological polar surface area (TPSA) is 51.6 Å². The van der Waals surface area contributed by atoms with Crippen molar-refractivity contribution >= 4 is 21.8 Å². The molecule has 0 unspecified atom stereocenters. The molecular weight excluding hydrogens is 1060 g/mol. The van der Waals surface area contributed by atoms with Gasteiger partial charge in [0, 0.05) is 43.9 Å². The summed E-state index contributed by atoms with van der Waals surface area (Å²) in [5, 5.41) is 2.06. The average Bonchev–Trinajstić information content (AvgIpc) is 1.39. The zero-order valence-corrected chi connectivity index (χ0v) is 49.3. The third kappa shape index (κ3) is 6.80. The van der Waals surface area contributed by atoms with Crippen molar-refractivity contribution in [2.75, 3.05) is 0 Å². The largest absolute Gasteiger partial charge is 0.228 e. The molecule has 414 valence electrons. The van der Waals surface area contributed by atoms with E-state index in [1.807, 2.05) is 0 Å². The van der Waals surface area contributed by atoms with Crippen molar-refractivity contribution in [3.63, 3.8) is 0 Å². The normalized spacial score (nSPS) is 15.2. The zero-order chi connectivity index (χ0) is 58.7. The number of rotatable bonds is 5. The standard InChI is InChI=1S/C84H58N4/c1-81(2)66-28-12-16-32-70(66)83(71-33-17-13-29-67(71)81)63-27-11-8-24-57(63)62-49-55(44-47-64(62)83)78-60-26-10-21-37-76(60)85-79(88-78)53-40-38-51(39-41-53)54-43-46-65-61(48-54)58-45-42-56(80-86-75-36-20-9-25-59(75)77(87-80)52-22-6-5-7-23-52)50-74(58)84(65)72-34-18-14-30-68(72)82(3,4)69-31-15-19-35-73(69)84/h5-50H,1-4H3. The first-order chi connectivity index (χ1) is 43.1. The van der Waals surface area contributed by atoms with Crippen molar-refractivity contribution in [3.05, 3.63) is 346 Å². The Hall–Kier alpha value is -10.7. The summed E-state index contributed by atoms with van der Waals surface area (Å²) >= 11 is 0. The minimum absolute atomic E-state index is 0.162. The Morgan fingerprint density at radius 3 is 1.12 bits per heavy atom. The van der Waals surface area contributed by atoms with Gasteiger partial charge in [-0.05, 0) is 130 Å². The van der Waals surface area contributed by atoms with Crippen LogP contribution in [0.25, 0.3) is 100 Å². The third-order valence-corrected chi connectivity index (χ3v) is 20.5. The van der Waals surface area contributed by atoms with Crippen LogP contribution >= 0.6 is 0 Å². The lowest BCUT2D eigenvalue weighted by molar-refractivity contribution is 0.563. The molecule has 0 N–H and O–H groups in total. The molecule has 0 radical (unpaired) electrons. The van der Waals surface area contributed by atoms with Gasteiger partial charge in [0.25, 0.3) is 0 Å². The van der Waals surface area contributed by atoms with Gasteiger partial charge < -0.3 is 0 Å². The van der Waals surface area contributed by atoms with Gasteiger partial charge in [-0.1, -0.05) is 276 Å². The molecule has 14 aromatic rings. The van der Waals surface area contributed by atoms with E-state index >= 15 is 0 Å². The van der Waals surface area contributed by atoms with Crippen LogP contribution in [0.3, 0.4) is 0 Å². The number of hydrogen-bond acceptors (Lipinski definition) is 4. The summed E-state index contributed by atoms with van der Waals surface area (Å²) in [4.78, 5) is 21.5. The fourth-order valence-electron chi connectivity index (χ4n) is 16.5. The van der Waals surface area contributed by atoms with Crippen LogP contribution in [0.2, 0.25) is 0 Å². The van der Waals surface area contributed by atoms with E-state index in [0.717, 1.165) is 66.6 Å². The van der Waals surface area contributed by atoms with Crippen LogP contribution < -0.4 is 0 Å². The highest BCUT2D eigenvalue weighted by Gasteiger charge is 2.55. The Kier molecular flexibility index (Phi) is 10.6.